The summed E-state index contributed by atoms with van der Waals surface area (Å²) in [5.41, 5.74) is 0. The molecule has 0 aromatic carbocycles. The summed E-state index contributed by atoms with van der Waals surface area (Å²) in [6.07, 6.45) is 6.48. The van der Waals surface area contributed by atoms with E-state index < -0.39 is 6.10 Å². The third kappa shape index (κ3) is 1.66. The van der Waals surface area contributed by atoms with Gasteiger partial charge in [0.15, 0.2) is 0 Å². The molecule has 0 heterocycles. The van der Waals surface area contributed by atoms with E-state index in [9.17, 15) is 0 Å². The highest BCUT2D eigenvalue weighted by atomic mass is 16.3. The molecule has 0 aromatic heterocycles. The van der Waals surface area contributed by atoms with Crippen LogP contribution in [-0.2, 0) is 0 Å². The van der Waals surface area contributed by atoms with Crippen molar-refractivity contribution >= 4 is 0 Å². The first-order valence-electron chi connectivity index (χ1n) is 2.98. The van der Waals surface area contributed by atoms with Gasteiger partial charge in [0.05, 0.1) is 12.7 Å². The quantitative estimate of drug-likeness (QED) is 0.488. The molecule has 50 valence electrons. The average molecular weight is 126 g/mol. The summed E-state index contributed by atoms with van der Waals surface area (Å²) < 4.78 is 0. The highest BCUT2D eigenvalue weighted by Crippen LogP contribution is 2.07. The van der Waals surface area contributed by atoms with Crippen LogP contribution < -0.4 is 0 Å². The molecule has 0 spiro atoms. The molecule has 0 unspecified atom stereocenters. The molecule has 0 aromatic rings. The van der Waals surface area contributed by atoms with Gasteiger partial charge in [-0.3, -0.25) is 0 Å². The molecular weight excluding hydrogens is 116 g/mol. The van der Waals surface area contributed by atoms with Crippen molar-refractivity contribution < 1.29 is 10.2 Å². The zero-order chi connectivity index (χ0) is 6.69. The van der Waals surface area contributed by atoms with Gasteiger partial charge in [0.2, 0.25) is 0 Å². The predicted octanol–water partition coefficient (Wildman–Crippen LogP) is 0.0818. The average Bonchev–Trinajstić information content (AvgIpc) is 1.90. The van der Waals surface area contributed by atoms with Gasteiger partial charge in [0, 0.05) is 5.92 Å². The van der Waals surface area contributed by atoms with Gasteiger partial charge in [-0.25, -0.2) is 0 Å². The van der Waals surface area contributed by atoms with Crippen LogP contribution in [0.1, 0.15) is 0 Å². The second kappa shape index (κ2) is 2.80. The summed E-state index contributed by atoms with van der Waals surface area (Å²) in [6, 6.07) is 0. The van der Waals surface area contributed by atoms with Gasteiger partial charge in [0.25, 0.3) is 0 Å². The van der Waals surface area contributed by atoms with Gasteiger partial charge in [0.1, 0.15) is 0 Å². The second-order valence-electron chi connectivity index (χ2n) is 2.11. The van der Waals surface area contributed by atoms with E-state index in [0.717, 1.165) is 0 Å². The van der Waals surface area contributed by atoms with Gasteiger partial charge in [-0.2, -0.15) is 0 Å². The van der Waals surface area contributed by atoms with E-state index in [2.05, 4.69) is 0 Å². The Hall–Kier alpha value is -0.600. The van der Waals surface area contributed by atoms with Crippen LogP contribution in [-0.4, -0.2) is 22.9 Å². The minimum Gasteiger partial charge on any atom is -0.395 e. The molecule has 0 bridgehead atoms. The Kier molecular flexibility index (Phi) is 2.03. The van der Waals surface area contributed by atoms with E-state index in [0.29, 0.717) is 0 Å². The maximum Gasteiger partial charge on any atom is 0.0903 e. The van der Waals surface area contributed by atoms with Crippen LogP contribution in [0, 0.1) is 5.92 Å². The third-order valence-electron chi connectivity index (χ3n) is 1.32. The molecule has 9 heavy (non-hydrogen) atoms. The Morgan fingerprint density at radius 3 is 2.11 bits per heavy atom. The van der Waals surface area contributed by atoms with Crippen molar-refractivity contribution in [2.75, 3.05) is 6.61 Å². The summed E-state index contributed by atoms with van der Waals surface area (Å²) in [4.78, 5) is 0. The number of aliphatic hydroxyl groups excluding tert-OH is 2. The molecule has 0 atom stereocenters. The number of rotatable bonds is 1. The minimum absolute atomic E-state index is 0.105. The van der Waals surface area contributed by atoms with Gasteiger partial charge in [-0.05, 0) is 0 Å². The fourth-order valence-corrected chi connectivity index (χ4v) is 0.763. The molecular formula is C7H10O2. The van der Waals surface area contributed by atoms with Crippen molar-refractivity contribution in [3.63, 3.8) is 0 Å². The zero-order valence-electron chi connectivity index (χ0n) is 5.07. The SMILES string of the molecule is OCC1C=CC(O)C=C1. The van der Waals surface area contributed by atoms with E-state index in [-0.39, 0.29) is 12.5 Å². The monoisotopic (exact) mass is 126 g/mol. The molecule has 1 rings (SSSR count). The second-order valence-corrected chi connectivity index (χ2v) is 2.11. The Morgan fingerprint density at radius 1 is 1.11 bits per heavy atom. The fraction of sp³-hybridized carbons (Fsp3) is 0.429. The molecule has 1 aliphatic rings. The number of hydrogen-bond acceptors (Lipinski definition) is 2. The standard InChI is InChI=1S/C7H10O2/c8-5-6-1-3-7(9)4-2-6/h1-4,6-9H,5H2. The highest BCUT2D eigenvalue weighted by molar-refractivity contribution is 5.13. The predicted molar refractivity (Wildman–Crippen MR) is 34.9 cm³/mol. The molecule has 2 N–H and O–H groups in total. The lowest BCUT2D eigenvalue weighted by molar-refractivity contribution is 0.252. The van der Waals surface area contributed by atoms with E-state index in [4.69, 9.17) is 10.2 Å². The van der Waals surface area contributed by atoms with E-state index >= 15 is 0 Å². The molecule has 2 heteroatoms. The maximum absolute atomic E-state index is 8.87. The van der Waals surface area contributed by atoms with Crippen LogP contribution in [0.2, 0.25) is 0 Å². The topological polar surface area (TPSA) is 40.5 Å². The third-order valence-corrected chi connectivity index (χ3v) is 1.32. The van der Waals surface area contributed by atoms with Gasteiger partial charge < -0.3 is 10.2 Å². The largest absolute Gasteiger partial charge is 0.395 e. The summed E-state index contributed by atoms with van der Waals surface area (Å²) in [6.45, 7) is 0.125. The highest BCUT2D eigenvalue weighted by Gasteiger charge is 2.03. The first kappa shape index (κ1) is 6.52. The van der Waals surface area contributed by atoms with Crippen molar-refractivity contribution in [1.29, 1.82) is 0 Å². The smallest absolute Gasteiger partial charge is 0.0903 e. The van der Waals surface area contributed by atoms with Crippen molar-refractivity contribution in [2.45, 2.75) is 6.10 Å². The fourth-order valence-electron chi connectivity index (χ4n) is 0.763. The first-order valence-corrected chi connectivity index (χ1v) is 2.98. The summed E-state index contributed by atoms with van der Waals surface area (Å²) in [5, 5.41) is 17.5. The summed E-state index contributed by atoms with van der Waals surface area (Å²) in [7, 11) is 0. The Morgan fingerprint density at radius 2 is 1.67 bits per heavy atom. The van der Waals surface area contributed by atoms with Crippen molar-refractivity contribution in [3.8, 4) is 0 Å². The van der Waals surface area contributed by atoms with Crippen LogP contribution in [0.3, 0.4) is 0 Å². The number of hydrogen-bond donors (Lipinski definition) is 2. The maximum atomic E-state index is 8.87. The van der Waals surface area contributed by atoms with Crippen molar-refractivity contribution in [3.05, 3.63) is 24.3 Å². The zero-order valence-corrected chi connectivity index (χ0v) is 5.07. The molecule has 0 amide bonds. The van der Waals surface area contributed by atoms with E-state index in [1.807, 2.05) is 0 Å². The Labute approximate surface area is 54.1 Å². The molecule has 0 saturated heterocycles. The van der Waals surface area contributed by atoms with Crippen LogP contribution in [0.25, 0.3) is 0 Å². The first-order chi connectivity index (χ1) is 4.33. The number of aliphatic hydroxyl groups is 2. The van der Waals surface area contributed by atoms with Crippen LogP contribution >= 0.6 is 0 Å². The Balaban J connectivity index is 2.48. The molecule has 1 aliphatic carbocycles. The van der Waals surface area contributed by atoms with Gasteiger partial charge >= 0.3 is 0 Å². The molecule has 2 nitrogen and oxygen atoms in total. The lowest BCUT2D eigenvalue weighted by Crippen LogP contribution is -2.07. The van der Waals surface area contributed by atoms with E-state index in [1.54, 1.807) is 24.3 Å². The lowest BCUT2D eigenvalue weighted by atomic mass is 10.0. The van der Waals surface area contributed by atoms with Crippen LogP contribution in [0.15, 0.2) is 24.3 Å². The lowest BCUT2D eigenvalue weighted by Gasteiger charge is -2.09. The van der Waals surface area contributed by atoms with Gasteiger partial charge in [-0.1, -0.05) is 24.3 Å². The molecule has 0 fully saturated rings. The minimum atomic E-state index is -0.451. The molecule has 0 aliphatic heterocycles. The van der Waals surface area contributed by atoms with Crippen molar-refractivity contribution in [2.24, 2.45) is 5.92 Å². The normalized spacial score (nSPS) is 33.1. The van der Waals surface area contributed by atoms with Crippen LogP contribution in [0.5, 0.6) is 0 Å². The molecule has 0 saturated carbocycles. The van der Waals surface area contributed by atoms with Crippen molar-refractivity contribution in [1.82, 2.24) is 0 Å². The summed E-state index contributed by atoms with van der Waals surface area (Å²) >= 11 is 0. The summed E-state index contributed by atoms with van der Waals surface area (Å²) in [5.74, 6) is 0.105. The van der Waals surface area contributed by atoms with Crippen LogP contribution in [0.4, 0.5) is 0 Å². The Bertz CT molecular complexity index is 124. The van der Waals surface area contributed by atoms with E-state index in [1.165, 1.54) is 0 Å². The molecule has 0 radical (unpaired) electrons. The van der Waals surface area contributed by atoms with Gasteiger partial charge in [-0.15, -0.1) is 0 Å².